The largest absolute Gasteiger partial charge is 0.493 e. The van der Waals surface area contributed by atoms with Crippen LogP contribution in [0.2, 0.25) is 10.0 Å². The Morgan fingerprint density at radius 3 is 2.71 bits per heavy atom. The first kappa shape index (κ1) is 24.2. The lowest BCUT2D eigenvalue weighted by molar-refractivity contribution is 0.101. The van der Waals surface area contributed by atoms with Crippen molar-refractivity contribution >= 4 is 50.6 Å². The van der Waals surface area contributed by atoms with Crippen LogP contribution in [0, 0.1) is 5.92 Å². The van der Waals surface area contributed by atoms with Crippen LogP contribution in [0.5, 0.6) is 11.5 Å². The number of ketones is 1. The first-order valence-corrected chi connectivity index (χ1v) is 12.9. The van der Waals surface area contributed by atoms with Crippen LogP contribution in [-0.4, -0.2) is 12.9 Å². The molecule has 1 aliphatic heterocycles. The number of carbonyl (C=O) groups is 1. The molecule has 2 aliphatic rings. The van der Waals surface area contributed by atoms with Crippen LogP contribution in [0.3, 0.4) is 0 Å². The molecule has 0 fully saturated rings. The molecular formula is C28H24BrCl2NO3. The van der Waals surface area contributed by atoms with Crippen LogP contribution in [0.15, 0.2) is 65.2 Å². The lowest BCUT2D eigenvalue weighted by Crippen LogP contribution is -2.29. The van der Waals surface area contributed by atoms with Gasteiger partial charge in [-0.05, 0) is 88.8 Å². The highest BCUT2D eigenvalue weighted by Crippen LogP contribution is 2.51. The molecule has 1 N–H and O–H groups in total. The van der Waals surface area contributed by atoms with E-state index < -0.39 is 0 Å². The molecule has 7 heteroatoms. The Labute approximate surface area is 223 Å². The maximum absolute atomic E-state index is 11.9. The van der Waals surface area contributed by atoms with Gasteiger partial charge in [-0.2, -0.15) is 0 Å². The zero-order valence-electron chi connectivity index (χ0n) is 19.3. The van der Waals surface area contributed by atoms with Crippen LogP contribution >= 0.6 is 39.1 Å². The highest BCUT2D eigenvalue weighted by Gasteiger charge is 2.38. The smallest absolute Gasteiger partial charge is 0.175 e. The van der Waals surface area contributed by atoms with Gasteiger partial charge in [0.15, 0.2) is 17.3 Å². The van der Waals surface area contributed by atoms with Gasteiger partial charge in [-0.15, -0.1) is 0 Å². The van der Waals surface area contributed by atoms with Crippen molar-refractivity contribution in [2.75, 3.05) is 12.4 Å². The highest BCUT2D eigenvalue weighted by molar-refractivity contribution is 9.10. The van der Waals surface area contributed by atoms with E-state index in [0.29, 0.717) is 27.5 Å². The molecule has 0 spiro atoms. The number of methoxy groups -OCH3 is 1. The van der Waals surface area contributed by atoms with Crippen LogP contribution in [0.1, 0.15) is 52.4 Å². The summed E-state index contributed by atoms with van der Waals surface area (Å²) in [5.41, 5.74) is 4.92. The molecule has 3 aromatic carbocycles. The number of benzene rings is 3. The lowest BCUT2D eigenvalue weighted by atomic mass is 9.76. The second kappa shape index (κ2) is 9.88. The fourth-order valence-electron chi connectivity index (χ4n) is 4.99. The monoisotopic (exact) mass is 571 g/mol. The average molecular weight is 573 g/mol. The molecule has 0 bridgehead atoms. The van der Waals surface area contributed by atoms with Crippen molar-refractivity contribution in [3.63, 3.8) is 0 Å². The molecule has 4 nitrogen and oxygen atoms in total. The second-order valence-corrected chi connectivity index (χ2v) is 10.6. The zero-order chi connectivity index (χ0) is 24.7. The molecule has 1 heterocycles. The normalized spacial score (nSPS) is 20.1. The molecule has 5 rings (SSSR count). The highest BCUT2D eigenvalue weighted by atomic mass is 79.9. The van der Waals surface area contributed by atoms with E-state index in [1.165, 1.54) is 5.56 Å². The van der Waals surface area contributed by atoms with E-state index in [9.17, 15) is 4.79 Å². The molecule has 0 saturated carbocycles. The number of anilines is 1. The molecule has 0 saturated heterocycles. The number of carbonyl (C=O) groups excluding carboxylic acids is 1. The number of allylic oxidation sites excluding steroid dienone is 2. The number of hydrogen-bond acceptors (Lipinski definition) is 4. The summed E-state index contributed by atoms with van der Waals surface area (Å²) >= 11 is 16.0. The van der Waals surface area contributed by atoms with Crippen LogP contribution in [0.25, 0.3) is 0 Å². The van der Waals surface area contributed by atoms with E-state index in [4.69, 9.17) is 32.7 Å². The summed E-state index contributed by atoms with van der Waals surface area (Å²) in [6, 6.07) is 15.5. The van der Waals surface area contributed by atoms with Crippen molar-refractivity contribution < 1.29 is 14.3 Å². The van der Waals surface area contributed by atoms with Gasteiger partial charge in [0.1, 0.15) is 6.61 Å². The van der Waals surface area contributed by atoms with Gasteiger partial charge in [-0.25, -0.2) is 0 Å². The number of hydrogen-bond donors (Lipinski definition) is 1. The number of nitrogens with one attached hydrogen (secondary N) is 1. The van der Waals surface area contributed by atoms with E-state index >= 15 is 0 Å². The van der Waals surface area contributed by atoms with Crippen molar-refractivity contribution in [1.29, 1.82) is 0 Å². The van der Waals surface area contributed by atoms with Gasteiger partial charge in [0.05, 0.1) is 17.6 Å². The summed E-state index contributed by atoms with van der Waals surface area (Å²) in [6.07, 6.45) is 5.46. The minimum atomic E-state index is 0.0793. The number of Topliss-reactive ketones (excluding diaryl/α,β-unsaturated/α-hetero) is 1. The summed E-state index contributed by atoms with van der Waals surface area (Å²) < 4.78 is 12.7. The van der Waals surface area contributed by atoms with E-state index in [1.54, 1.807) is 26.2 Å². The number of halogens is 3. The van der Waals surface area contributed by atoms with Gasteiger partial charge in [0.2, 0.25) is 0 Å². The maximum atomic E-state index is 11.9. The SMILES string of the molecule is COc1cc([C@@H]2Nc3ccc(C(C)=O)cc3[C@@H]3C=CC[C@@H]32)cc(Br)c1OCc1ccc(Cl)cc1Cl. The van der Waals surface area contributed by atoms with E-state index in [1.807, 2.05) is 30.3 Å². The maximum Gasteiger partial charge on any atom is 0.175 e. The van der Waals surface area contributed by atoms with Crippen LogP contribution in [0.4, 0.5) is 5.69 Å². The van der Waals surface area contributed by atoms with Gasteiger partial charge < -0.3 is 14.8 Å². The number of ether oxygens (including phenoxy) is 2. The van der Waals surface area contributed by atoms with Gasteiger partial charge >= 0.3 is 0 Å². The van der Waals surface area contributed by atoms with Gasteiger partial charge in [-0.3, -0.25) is 4.79 Å². The molecule has 0 unspecified atom stereocenters. The average Bonchev–Trinajstić information content (AvgIpc) is 3.33. The van der Waals surface area contributed by atoms with Crippen LogP contribution < -0.4 is 14.8 Å². The summed E-state index contributed by atoms with van der Waals surface area (Å²) in [5, 5.41) is 4.86. The lowest BCUT2D eigenvalue weighted by Gasteiger charge is -2.38. The minimum absolute atomic E-state index is 0.0793. The zero-order valence-corrected chi connectivity index (χ0v) is 22.4. The van der Waals surface area contributed by atoms with Gasteiger partial charge in [0.25, 0.3) is 0 Å². The Bertz CT molecular complexity index is 1340. The molecule has 0 aromatic heterocycles. The Hall–Kier alpha value is -2.47. The summed E-state index contributed by atoms with van der Waals surface area (Å²) in [5.74, 6) is 1.93. The number of rotatable bonds is 6. The third-order valence-corrected chi connectivity index (χ3v) is 7.94. The van der Waals surface area contributed by atoms with Gasteiger partial charge in [-0.1, -0.05) is 41.4 Å². The van der Waals surface area contributed by atoms with Crippen LogP contribution in [-0.2, 0) is 6.61 Å². The minimum Gasteiger partial charge on any atom is -0.493 e. The topological polar surface area (TPSA) is 47.6 Å². The first-order chi connectivity index (χ1) is 16.9. The Kier molecular flexibility index (Phi) is 6.84. The van der Waals surface area contributed by atoms with E-state index in [-0.39, 0.29) is 24.3 Å². The summed E-state index contributed by atoms with van der Waals surface area (Å²) in [6.45, 7) is 1.89. The third kappa shape index (κ3) is 4.69. The standard InChI is InChI=1S/C28H24BrCl2NO3/c1-15(33)16-7-9-25-22(10-16)20-4-3-5-21(20)27(32-25)18-11-23(29)28(26(12-18)34-2)35-14-17-6-8-19(30)13-24(17)31/h3-4,6-13,20-21,27,32H,5,14H2,1-2H3/t20-,21+,27+/m1/s1. The quantitative estimate of drug-likeness (QED) is 0.238. The van der Waals surface area contributed by atoms with Crippen molar-refractivity contribution in [1.82, 2.24) is 0 Å². The predicted octanol–water partition coefficient (Wildman–Crippen LogP) is 8.37. The van der Waals surface area contributed by atoms with Gasteiger partial charge in [0, 0.05) is 32.8 Å². The fourth-order valence-corrected chi connectivity index (χ4v) is 6.03. The van der Waals surface area contributed by atoms with E-state index in [0.717, 1.165) is 33.3 Å². The van der Waals surface area contributed by atoms with Crippen molar-refractivity contribution in [3.05, 3.63) is 97.5 Å². The second-order valence-electron chi connectivity index (χ2n) is 8.89. The summed E-state index contributed by atoms with van der Waals surface area (Å²) in [4.78, 5) is 11.9. The van der Waals surface area contributed by atoms with Crippen molar-refractivity contribution in [2.45, 2.75) is 31.9 Å². The Morgan fingerprint density at radius 1 is 1.14 bits per heavy atom. The Balaban J connectivity index is 1.45. The molecule has 1 aliphatic carbocycles. The first-order valence-electron chi connectivity index (χ1n) is 11.4. The molecule has 180 valence electrons. The molecule has 35 heavy (non-hydrogen) atoms. The summed E-state index contributed by atoms with van der Waals surface area (Å²) in [7, 11) is 1.64. The van der Waals surface area contributed by atoms with Crippen molar-refractivity contribution in [3.8, 4) is 11.5 Å². The molecule has 0 amide bonds. The predicted molar refractivity (Wildman–Crippen MR) is 144 cm³/mol. The number of fused-ring (bicyclic) bond motifs is 3. The third-order valence-electron chi connectivity index (χ3n) is 6.77. The van der Waals surface area contributed by atoms with E-state index in [2.05, 4.69) is 39.5 Å². The molecule has 3 atom stereocenters. The molecule has 3 aromatic rings. The molecular weight excluding hydrogens is 549 g/mol. The van der Waals surface area contributed by atoms with Crippen molar-refractivity contribution in [2.24, 2.45) is 5.92 Å². The fraction of sp³-hybridized carbons (Fsp3) is 0.250. The Morgan fingerprint density at radius 2 is 1.97 bits per heavy atom. The molecule has 0 radical (unpaired) electrons.